The summed E-state index contributed by atoms with van der Waals surface area (Å²) in [6.45, 7) is 5.77. The number of hydrogen-bond donors (Lipinski definition) is 4. The van der Waals surface area contributed by atoms with Crippen LogP contribution in [0.4, 0.5) is 0 Å². The number of hydrogen-bond acceptors (Lipinski definition) is 4. The van der Waals surface area contributed by atoms with E-state index in [4.69, 9.17) is 10.7 Å². The van der Waals surface area contributed by atoms with Gasteiger partial charge in [0.25, 0.3) is 0 Å². The predicted octanol–water partition coefficient (Wildman–Crippen LogP) is 8.29. The summed E-state index contributed by atoms with van der Waals surface area (Å²) >= 11 is 0. The van der Waals surface area contributed by atoms with Crippen LogP contribution in [0.5, 0.6) is 0 Å². The molecule has 0 radical (unpaired) electrons. The number of nitrogens with zero attached hydrogens (tertiary/aromatic N) is 2. The first-order valence-corrected chi connectivity index (χ1v) is 15.7. The molecule has 6 rings (SSSR count). The summed E-state index contributed by atoms with van der Waals surface area (Å²) in [6.07, 6.45) is 8.23. The predicted molar refractivity (Wildman–Crippen MR) is 182 cm³/mol. The lowest BCUT2D eigenvalue weighted by Gasteiger charge is -2.08. The van der Waals surface area contributed by atoms with Crippen molar-refractivity contribution in [2.45, 2.75) is 52.4 Å². The topological polar surface area (TPSA) is 95.4 Å². The van der Waals surface area contributed by atoms with Gasteiger partial charge in [0.1, 0.15) is 11.6 Å². The Balaban J connectivity index is 0.00000180. The SMILES string of the molecule is CC.CNCCCCc1ncc(-c2ccc(-c3ccc4cc(-c5ccc6nc(CCCCN)[nH]c6c5)ccc4c3)cc2)[nH]1. The summed E-state index contributed by atoms with van der Waals surface area (Å²) in [5, 5.41) is 5.66. The van der Waals surface area contributed by atoms with Crippen LogP contribution < -0.4 is 11.1 Å². The second kappa shape index (κ2) is 14.8. The van der Waals surface area contributed by atoms with Crippen molar-refractivity contribution in [3.8, 4) is 33.5 Å². The van der Waals surface area contributed by atoms with Crippen LogP contribution >= 0.6 is 0 Å². The molecule has 222 valence electrons. The fraction of sp³-hybridized carbons (Fsp3) is 0.297. The molecule has 5 N–H and O–H groups in total. The van der Waals surface area contributed by atoms with E-state index in [9.17, 15) is 0 Å². The van der Waals surface area contributed by atoms with Gasteiger partial charge < -0.3 is 21.0 Å². The van der Waals surface area contributed by atoms with E-state index in [-0.39, 0.29) is 0 Å². The minimum absolute atomic E-state index is 0.727. The molecule has 0 bridgehead atoms. The van der Waals surface area contributed by atoms with Gasteiger partial charge in [-0.2, -0.15) is 0 Å². The van der Waals surface area contributed by atoms with E-state index < -0.39 is 0 Å². The highest BCUT2D eigenvalue weighted by Crippen LogP contribution is 2.31. The molecule has 0 spiro atoms. The third-order valence-corrected chi connectivity index (χ3v) is 7.82. The summed E-state index contributed by atoms with van der Waals surface area (Å²) in [5.74, 6) is 2.09. The van der Waals surface area contributed by atoms with Crippen molar-refractivity contribution < 1.29 is 0 Å². The quantitative estimate of drug-likeness (QED) is 0.111. The largest absolute Gasteiger partial charge is 0.342 e. The fourth-order valence-corrected chi connectivity index (χ4v) is 5.47. The van der Waals surface area contributed by atoms with Crippen molar-refractivity contribution in [2.24, 2.45) is 5.73 Å². The lowest BCUT2D eigenvalue weighted by molar-refractivity contribution is 0.666. The maximum atomic E-state index is 5.64. The van der Waals surface area contributed by atoms with E-state index in [1.165, 1.54) is 33.0 Å². The van der Waals surface area contributed by atoms with E-state index in [1.54, 1.807) is 0 Å². The number of aromatic amines is 2. The Morgan fingerprint density at radius 3 is 1.98 bits per heavy atom. The molecule has 6 heteroatoms. The minimum Gasteiger partial charge on any atom is -0.342 e. The number of aryl methyl sites for hydroxylation is 2. The molecule has 2 aromatic heterocycles. The number of imidazole rings is 2. The number of aromatic nitrogens is 4. The maximum Gasteiger partial charge on any atom is 0.107 e. The average molecular weight is 573 g/mol. The number of benzene rings is 4. The Labute approximate surface area is 255 Å². The smallest absolute Gasteiger partial charge is 0.107 e. The Morgan fingerprint density at radius 1 is 0.651 bits per heavy atom. The van der Waals surface area contributed by atoms with Crippen LogP contribution in [0.1, 0.15) is 51.2 Å². The zero-order valence-corrected chi connectivity index (χ0v) is 25.7. The number of nitrogens with one attached hydrogen (secondary N) is 3. The average Bonchev–Trinajstić information content (AvgIpc) is 3.70. The van der Waals surface area contributed by atoms with Crippen LogP contribution in [0, 0.1) is 0 Å². The third kappa shape index (κ3) is 7.39. The molecule has 0 saturated heterocycles. The van der Waals surface area contributed by atoms with E-state index >= 15 is 0 Å². The zero-order chi connectivity index (χ0) is 30.0. The second-order valence-corrected chi connectivity index (χ2v) is 10.8. The van der Waals surface area contributed by atoms with Crippen molar-refractivity contribution in [2.75, 3.05) is 20.1 Å². The normalized spacial score (nSPS) is 11.2. The Hall–Kier alpha value is -4.26. The monoisotopic (exact) mass is 572 g/mol. The Kier molecular flexibility index (Phi) is 10.4. The van der Waals surface area contributed by atoms with Gasteiger partial charge in [-0.05, 0) is 109 Å². The lowest BCUT2D eigenvalue weighted by atomic mass is 9.97. The Morgan fingerprint density at radius 2 is 1.26 bits per heavy atom. The highest BCUT2D eigenvalue weighted by Gasteiger charge is 2.08. The van der Waals surface area contributed by atoms with Gasteiger partial charge in [0.15, 0.2) is 0 Å². The molecular weight excluding hydrogens is 528 g/mol. The van der Waals surface area contributed by atoms with Crippen LogP contribution in [0.15, 0.2) is 85.1 Å². The molecule has 0 unspecified atom stereocenters. The van der Waals surface area contributed by atoms with E-state index in [0.717, 1.165) is 85.6 Å². The molecule has 0 amide bonds. The number of nitrogens with two attached hydrogens (primary N) is 1. The molecule has 6 aromatic rings. The van der Waals surface area contributed by atoms with Crippen molar-refractivity contribution in [1.82, 2.24) is 25.3 Å². The first kappa shape index (κ1) is 30.2. The van der Waals surface area contributed by atoms with Crippen molar-refractivity contribution in [3.05, 3.63) is 96.7 Å². The van der Waals surface area contributed by atoms with Gasteiger partial charge >= 0.3 is 0 Å². The number of rotatable bonds is 12. The number of fused-ring (bicyclic) bond motifs is 2. The van der Waals surface area contributed by atoms with Gasteiger partial charge in [-0.25, -0.2) is 9.97 Å². The summed E-state index contributed by atoms with van der Waals surface area (Å²) < 4.78 is 0. The second-order valence-electron chi connectivity index (χ2n) is 10.8. The summed E-state index contributed by atoms with van der Waals surface area (Å²) in [7, 11) is 1.99. The van der Waals surface area contributed by atoms with Crippen LogP contribution in [-0.2, 0) is 12.8 Å². The molecule has 2 heterocycles. The van der Waals surface area contributed by atoms with Crippen LogP contribution in [0.3, 0.4) is 0 Å². The van der Waals surface area contributed by atoms with Crippen LogP contribution in [0.25, 0.3) is 55.3 Å². The molecule has 4 aromatic carbocycles. The third-order valence-electron chi connectivity index (χ3n) is 7.82. The standard InChI is InChI=1S/C35H38N6.C2H6/c1-37-19-5-3-6-34-38-23-33(41-34)25-10-8-24(9-11-25)26-12-13-28-21-29(15-14-27(28)20-26)30-16-17-31-32(22-30)40-35(39-31)7-2-4-18-36;1-2/h8-17,20-23,37H,2-7,18-19,36H2,1H3,(H,38,41)(H,39,40);1-2H3. The van der Waals surface area contributed by atoms with E-state index in [2.05, 4.69) is 99.1 Å². The molecule has 0 fully saturated rings. The minimum atomic E-state index is 0.727. The number of H-pyrrole nitrogens is 2. The van der Waals surface area contributed by atoms with Gasteiger partial charge in [0, 0.05) is 12.8 Å². The Bertz CT molecular complexity index is 1750. The molecule has 0 saturated carbocycles. The van der Waals surface area contributed by atoms with Crippen molar-refractivity contribution in [3.63, 3.8) is 0 Å². The summed E-state index contributed by atoms with van der Waals surface area (Å²) in [4.78, 5) is 16.3. The summed E-state index contributed by atoms with van der Waals surface area (Å²) in [6, 6.07) is 28.7. The lowest BCUT2D eigenvalue weighted by Crippen LogP contribution is -2.07. The van der Waals surface area contributed by atoms with E-state index in [0.29, 0.717) is 0 Å². The van der Waals surface area contributed by atoms with Gasteiger partial charge in [-0.3, -0.25) is 0 Å². The molecular formula is C37H44N6. The number of unbranched alkanes of at least 4 members (excludes halogenated alkanes) is 2. The summed E-state index contributed by atoms with van der Waals surface area (Å²) in [5.41, 5.74) is 14.8. The zero-order valence-electron chi connectivity index (χ0n) is 25.7. The molecule has 0 aliphatic carbocycles. The van der Waals surface area contributed by atoms with Gasteiger partial charge in [0.05, 0.1) is 22.9 Å². The molecule has 0 aliphatic heterocycles. The fourth-order valence-electron chi connectivity index (χ4n) is 5.47. The van der Waals surface area contributed by atoms with Gasteiger partial charge in [-0.15, -0.1) is 0 Å². The van der Waals surface area contributed by atoms with Crippen LogP contribution in [0.2, 0.25) is 0 Å². The molecule has 0 atom stereocenters. The van der Waals surface area contributed by atoms with Crippen LogP contribution in [-0.4, -0.2) is 40.1 Å². The van der Waals surface area contributed by atoms with Crippen molar-refractivity contribution >= 4 is 21.8 Å². The van der Waals surface area contributed by atoms with Crippen molar-refractivity contribution in [1.29, 1.82) is 0 Å². The molecule has 6 nitrogen and oxygen atoms in total. The maximum absolute atomic E-state index is 5.64. The molecule has 43 heavy (non-hydrogen) atoms. The highest BCUT2D eigenvalue weighted by molar-refractivity contribution is 5.92. The van der Waals surface area contributed by atoms with E-state index in [1.807, 2.05) is 27.1 Å². The first-order valence-electron chi connectivity index (χ1n) is 15.7. The van der Waals surface area contributed by atoms with Gasteiger partial charge in [-0.1, -0.05) is 68.4 Å². The van der Waals surface area contributed by atoms with Gasteiger partial charge in [0.2, 0.25) is 0 Å². The first-order chi connectivity index (χ1) is 21.2. The molecule has 0 aliphatic rings. The highest BCUT2D eigenvalue weighted by atomic mass is 14.9.